The Bertz CT molecular complexity index is 893. The van der Waals surface area contributed by atoms with Crippen molar-refractivity contribution >= 4 is 0 Å². The Labute approximate surface area is 194 Å². The second-order valence-electron chi connectivity index (χ2n) is 10.4. The van der Waals surface area contributed by atoms with Gasteiger partial charge in [0, 0.05) is 24.4 Å². The SMILES string of the molecule is C=CC[C@@H](O)c1ccccc1C[C@@H]1O[C@@H]2C[C@H](C)CC[C@H]2C(C)(C)N1Cc1ccccc1. The van der Waals surface area contributed by atoms with Crippen LogP contribution in [0.15, 0.2) is 67.3 Å². The molecule has 0 bridgehead atoms. The molecule has 0 spiro atoms. The molecule has 2 aromatic carbocycles. The van der Waals surface area contributed by atoms with E-state index in [1.807, 2.05) is 12.1 Å². The van der Waals surface area contributed by atoms with Crippen LogP contribution in [0.2, 0.25) is 0 Å². The average molecular weight is 434 g/mol. The maximum Gasteiger partial charge on any atom is 0.115 e. The number of hydrogen-bond acceptors (Lipinski definition) is 3. The molecule has 1 N–H and O–H groups in total. The molecule has 1 saturated heterocycles. The average Bonchev–Trinajstić information content (AvgIpc) is 2.77. The summed E-state index contributed by atoms with van der Waals surface area (Å²) < 4.78 is 6.90. The van der Waals surface area contributed by atoms with Crippen LogP contribution in [0.1, 0.15) is 69.2 Å². The third kappa shape index (κ3) is 4.85. The number of ether oxygens (including phenoxy) is 1. The first-order chi connectivity index (χ1) is 15.4. The molecule has 4 rings (SSSR count). The lowest BCUT2D eigenvalue weighted by Crippen LogP contribution is -2.64. The van der Waals surface area contributed by atoms with Gasteiger partial charge in [-0.3, -0.25) is 4.90 Å². The smallest absolute Gasteiger partial charge is 0.115 e. The maximum absolute atomic E-state index is 10.7. The molecule has 2 aromatic rings. The quantitative estimate of drug-likeness (QED) is 0.522. The topological polar surface area (TPSA) is 32.7 Å². The van der Waals surface area contributed by atoms with E-state index in [4.69, 9.17) is 4.74 Å². The number of aliphatic hydroxyl groups is 1. The summed E-state index contributed by atoms with van der Waals surface area (Å²) in [5.41, 5.74) is 3.52. The first-order valence-electron chi connectivity index (χ1n) is 12.2. The Kier molecular flexibility index (Phi) is 7.19. The first kappa shape index (κ1) is 23.2. The number of benzene rings is 2. The highest BCUT2D eigenvalue weighted by molar-refractivity contribution is 5.30. The van der Waals surface area contributed by atoms with Gasteiger partial charge in [0.25, 0.3) is 0 Å². The standard InChI is InChI=1S/C29H39NO2/c1-5-11-26(31)24-15-10-9-14-23(24)19-28-30(20-22-12-7-6-8-13-22)29(3,4)25-17-16-21(2)18-27(25)32-28/h5-10,12-15,21,25-28,31H,1,11,16-20H2,2-4H3/t21-,25-,26-,27-,28+/m1/s1. The zero-order valence-corrected chi connectivity index (χ0v) is 19.9. The summed E-state index contributed by atoms with van der Waals surface area (Å²) in [4.78, 5) is 2.58. The van der Waals surface area contributed by atoms with E-state index in [-0.39, 0.29) is 11.8 Å². The lowest BCUT2D eigenvalue weighted by atomic mass is 9.69. The van der Waals surface area contributed by atoms with Crippen molar-refractivity contribution in [2.24, 2.45) is 11.8 Å². The van der Waals surface area contributed by atoms with Gasteiger partial charge in [-0.1, -0.05) is 74.0 Å². The summed E-state index contributed by atoms with van der Waals surface area (Å²) in [5.74, 6) is 1.26. The summed E-state index contributed by atoms with van der Waals surface area (Å²) in [5, 5.41) is 10.7. The molecule has 0 aromatic heterocycles. The van der Waals surface area contributed by atoms with Gasteiger partial charge >= 0.3 is 0 Å². The zero-order chi connectivity index (χ0) is 22.7. The van der Waals surface area contributed by atoms with Crippen LogP contribution in [-0.4, -0.2) is 27.9 Å². The Morgan fingerprint density at radius 3 is 2.59 bits per heavy atom. The molecule has 5 atom stereocenters. The van der Waals surface area contributed by atoms with Gasteiger partial charge in [0.15, 0.2) is 0 Å². The molecule has 172 valence electrons. The van der Waals surface area contributed by atoms with E-state index in [1.54, 1.807) is 6.08 Å². The summed E-state index contributed by atoms with van der Waals surface area (Å²) in [6.45, 7) is 11.9. The van der Waals surface area contributed by atoms with Gasteiger partial charge < -0.3 is 9.84 Å². The first-order valence-corrected chi connectivity index (χ1v) is 12.2. The molecule has 0 radical (unpaired) electrons. The highest BCUT2D eigenvalue weighted by atomic mass is 16.5. The molecule has 1 saturated carbocycles. The predicted molar refractivity (Wildman–Crippen MR) is 131 cm³/mol. The Morgan fingerprint density at radius 1 is 1.12 bits per heavy atom. The second-order valence-corrected chi connectivity index (χ2v) is 10.4. The Hall–Kier alpha value is -1.94. The molecule has 3 nitrogen and oxygen atoms in total. The van der Waals surface area contributed by atoms with Crippen molar-refractivity contribution in [1.29, 1.82) is 0 Å². The third-order valence-corrected chi connectivity index (χ3v) is 7.78. The number of hydrogen-bond donors (Lipinski definition) is 1. The van der Waals surface area contributed by atoms with Crippen molar-refractivity contribution in [3.8, 4) is 0 Å². The van der Waals surface area contributed by atoms with Crippen molar-refractivity contribution in [1.82, 2.24) is 4.90 Å². The molecule has 1 aliphatic carbocycles. The maximum atomic E-state index is 10.7. The van der Waals surface area contributed by atoms with Crippen molar-refractivity contribution in [2.45, 2.75) is 83.4 Å². The van der Waals surface area contributed by atoms with Crippen LogP contribution in [0.5, 0.6) is 0 Å². The molecular weight excluding hydrogens is 394 g/mol. The minimum Gasteiger partial charge on any atom is -0.388 e. The summed E-state index contributed by atoms with van der Waals surface area (Å²) in [7, 11) is 0. The van der Waals surface area contributed by atoms with Crippen LogP contribution in [0, 0.1) is 11.8 Å². The highest BCUT2D eigenvalue weighted by Gasteiger charge is 2.50. The molecular formula is C29H39NO2. The number of aliphatic hydroxyl groups excluding tert-OH is 1. The Balaban J connectivity index is 1.67. The Morgan fingerprint density at radius 2 is 1.84 bits per heavy atom. The fourth-order valence-electron chi connectivity index (χ4n) is 5.91. The fraction of sp³-hybridized carbons (Fsp3) is 0.517. The van der Waals surface area contributed by atoms with E-state index in [2.05, 4.69) is 74.7 Å². The molecule has 0 unspecified atom stereocenters. The van der Waals surface area contributed by atoms with Gasteiger partial charge in [0.1, 0.15) is 6.23 Å². The number of nitrogens with zero attached hydrogens (tertiary/aromatic N) is 1. The van der Waals surface area contributed by atoms with Crippen LogP contribution in [0.25, 0.3) is 0 Å². The van der Waals surface area contributed by atoms with Crippen molar-refractivity contribution in [3.05, 3.63) is 83.9 Å². The summed E-state index contributed by atoms with van der Waals surface area (Å²) >= 11 is 0. The minimum absolute atomic E-state index is 0.0196. The zero-order valence-electron chi connectivity index (χ0n) is 19.9. The predicted octanol–water partition coefficient (Wildman–Crippen LogP) is 6.28. The molecule has 2 aliphatic rings. The van der Waals surface area contributed by atoms with Crippen molar-refractivity contribution in [3.63, 3.8) is 0 Å². The van der Waals surface area contributed by atoms with Crippen LogP contribution < -0.4 is 0 Å². The van der Waals surface area contributed by atoms with Gasteiger partial charge in [-0.25, -0.2) is 0 Å². The number of fused-ring (bicyclic) bond motifs is 1. The summed E-state index contributed by atoms with van der Waals surface area (Å²) in [6.07, 6.45) is 6.54. The van der Waals surface area contributed by atoms with Gasteiger partial charge in [-0.15, -0.1) is 6.58 Å². The number of rotatable bonds is 7. The van der Waals surface area contributed by atoms with Crippen molar-refractivity contribution < 1.29 is 9.84 Å². The van der Waals surface area contributed by atoms with E-state index >= 15 is 0 Å². The van der Waals surface area contributed by atoms with E-state index < -0.39 is 6.10 Å². The lowest BCUT2D eigenvalue weighted by Gasteiger charge is -2.57. The molecule has 0 amide bonds. The van der Waals surface area contributed by atoms with Crippen LogP contribution >= 0.6 is 0 Å². The third-order valence-electron chi connectivity index (χ3n) is 7.78. The minimum atomic E-state index is -0.523. The normalized spacial score (nSPS) is 28.6. The fourth-order valence-corrected chi connectivity index (χ4v) is 5.91. The molecule has 1 heterocycles. The van der Waals surface area contributed by atoms with E-state index in [0.717, 1.165) is 30.9 Å². The van der Waals surface area contributed by atoms with Crippen LogP contribution in [0.3, 0.4) is 0 Å². The monoisotopic (exact) mass is 433 g/mol. The largest absolute Gasteiger partial charge is 0.388 e. The van der Waals surface area contributed by atoms with Gasteiger partial charge in [-0.05, 0) is 55.7 Å². The lowest BCUT2D eigenvalue weighted by molar-refractivity contribution is -0.236. The molecule has 2 fully saturated rings. The molecule has 1 aliphatic heterocycles. The second kappa shape index (κ2) is 9.91. The summed E-state index contributed by atoms with van der Waals surface area (Å²) in [6, 6.07) is 19.0. The van der Waals surface area contributed by atoms with Gasteiger partial charge in [-0.2, -0.15) is 0 Å². The van der Waals surface area contributed by atoms with E-state index in [0.29, 0.717) is 18.4 Å². The van der Waals surface area contributed by atoms with E-state index in [1.165, 1.54) is 24.0 Å². The van der Waals surface area contributed by atoms with Crippen LogP contribution in [0.4, 0.5) is 0 Å². The van der Waals surface area contributed by atoms with Gasteiger partial charge in [0.05, 0.1) is 12.2 Å². The highest BCUT2D eigenvalue weighted by Crippen LogP contribution is 2.46. The van der Waals surface area contributed by atoms with Gasteiger partial charge in [0.2, 0.25) is 0 Å². The van der Waals surface area contributed by atoms with Crippen LogP contribution in [-0.2, 0) is 17.7 Å². The molecule has 32 heavy (non-hydrogen) atoms. The van der Waals surface area contributed by atoms with E-state index in [9.17, 15) is 5.11 Å². The van der Waals surface area contributed by atoms with Crippen molar-refractivity contribution in [2.75, 3.05) is 0 Å². The molecule has 3 heteroatoms.